The predicted octanol–water partition coefficient (Wildman–Crippen LogP) is 2.84. The van der Waals surface area contributed by atoms with Crippen LogP contribution in [0.2, 0.25) is 0 Å². The minimum atomic E-state index is 0.155. The lowest BCUT2D eigenvalue weighted by Crippen LogP contribution is -2.27. The number of thiophene rings is 1. The fourth-order valence-electron chi connectivity index (χ4n) is 2.40. The van der Waals surface area contributed by atoms with Crippen molar-refractivity contribution in [3.63, 3.8) is 0 Å². The summed E-state index contributed by atoms with van der Waals surface area (Å²) in [6, 6.07) is 6.04. The van der Waals surface area contributed by atoms with E-state index in [0.717, 1.165) is 18.5 Å². The van der Waals surface area contributed by atoms with Crippen LogP contribution in [0.5, 0.6) is 0 Å². The van der Waals surface area contributed by atoms with E-state index in [1.54, 1.807) is 11.3 Å². The van der Waals surface area contributed by atoms with Gasteiger partial charge in [0, 0.05) is 34.1 Å². The molecule has 0 aliphatic carbocycles. The van der Waals surface area contributed by atoms with Crippen molar-refractivity contribution < 1.29 is 4.79 Å². The largest absolute Gasteiger partial charge is 0.341 e. The fraction of sp³-hybridized carbons (Fsp3) is 0.308. The molecule has 1 aliphatic heterocycles. The minimum absolute atomic E-state index is 0.155. The van der Waals surface area contributed by atoms with Gasteiger partial charge in [-0.3, -0.25) is 4.79 Å². The summed E-state index contributed by atoms with van der Waals surface area (Å²) in [6.45, 7) is 2.97. The molecule has 0 saturated carbocycles. The van der Waals surface area contributed by atoms with E-state index in [-0.39, 0.29) is 5.91 Å². The molecule has 0 bridgehead atoms. The summed E-state index contributed by atoms with van der Waals surface area (Å²) in [6.07, 6.45) is 0.977. The predicted molar refractivity (Wildman–Crippen MR) is 67.2 cm³/mol. The summed E-state index contributed by atoms with van der Waals surface area (Å²) in [5, 5.41) is 1.19. The molecular formula is C13H13NOS. The zero-order valence-electron chi connectivity index (χ0n) is 9.41. The van der Waals surface area contributed by atoms with Gasteiger partial charge in [-0.15, -0.1) is 11.3 Å². The third-order valence-corrected chi connectivity index (χ3v) is 4.40. The number of hydrogen-bond acceptors (Lipinski definition) is 2. The molecule has 0 N–H and O–H groups in total. The van der Waals surface area contributed by atoms with E-state index in [0.29, 0.717) is 0 Å². The smallest absolute Gasteiger partial charge is 0.254 e. The molecule has 0 radical (unpaired) electrons. The van der Waals surface area contributed by atoms with Crippen molar-refractivity contribution in [2.75, 3.05) is 13.6 Å². The van der Waals surface area contributed by atoms with Gasteiger partial charge < -0.3 is 4.90 Å². The lowest BCUT2D eigenvalue weighted by Gasteiger charge is -2.14. The van der Waals surface area contributed by atoms with Crippen molar-refractivity contribution in [2.45, 2.75) is 13.3 Å². The average Bonchev–Trinajstić information content (AvgIpc) is 2.53. The topological polar surface area (TPSA) is 20.3 Å². The summed E-state index contributed by atoms with van der Waals surface area (Å²) in [4.78, 5) is 15.3. The Labute approximate surface area is 98.5 Å². The van der Waals surface area contributed by atoms with Gasteiger partial charge in [0.1, 0.15) is 0 Å². The molecular weight excluding hydrogens is 218 g/mol. The summed E-state index contributed by atoms with van der Waals surface area (Å²) in [5.41, 5.74) is 2.24. The second-order valence-electron chi connectivity index (χ2n) is 4.29. The molecule has 1 aromatic carbocycles. The molecule has 0 saturated heterocycles. The number of carbonyl (C=O) groups excluding carboxylic acids is 1. The Balaban J connectivity index is 2.41. The van der Waals surface area contributed by atoms with Crippen LogP contribution in [0.4, 0.5) is 0 Å². The average molecular weight is 231 g/mol. The van der Waals surface area contributed by atoms with Crippen LogP contribution in [0.15, 0.2) is 18.2 Å². The monoisotopic (exact) mass is 231 g/mol. The number of amides is 1. The van der Waals surface area contributed by atoms with Crippen LogP contribution < -0.4 is 0 Å². The van der Waals surface area contributed by atoms with Gasteiger partial charge in [-0.2, -0.15) is 0 Å². The summed E-state index contributed by atoms with van der Waals surface area (Å²) in [7, 11) is 1.88. The van der Waals surface area contributed by atoms with Gasteiger partial charge in [-0.1, -0.05) is 6.07 Å². The van der Waals surface area contributed by atoms with E-state index < -0.39 is 0 Å². The van der Waals surface area contributed by atoms with Crippen LogP contribution in [-0.4, -0.2) is 24.4 Å². The summed E-state index contributed by atoms with van der Waals surface area (Å²) < 4.78 is 1.24. The molecule has 3 rings (SSSR count). The molecule has 3 heteroatoms. The number of aryl methyl sites for hydroxylation is 1. The number of nitrogens with zero attached hydrogens (tertiary/aromatic N) is 1. The lowest BCUT2D eigenvalue weighted by atomic mass is 10.0. The highest BCUT2D eigenvalue weighted by atomic mass is 32.1. The molecule has 1 aliphatic rings. The maximum absolute atomic E-state index is 12.2. The van der Waals surface area contributed by atoms with Crippen molar-refractivity contribution in [3.8, 4) is 0 Å². The standard InChI is InChI=1S/C13H13NOS/c1-8-9-6-7-14(2)13(15)10-4-3-5-11(16-8)12(9)10/h3-5H,6-7H2,1-2H3. The van der Waals surface area contributed by atoms with Crippen LogP contribution in [0.1, 0.15) is 20.8 Å². The van der Waals surface area contributed by atoms with Gasteiger partial charge in [0.2, 0.25) is 0 Å². The second kappa shape index (κ2) is 3.32. The van der Waals surface area contributed by atoms with Crippen LogP contribution in [0.3, 0.4) is 0 Å². The molecule has 2 nitrogen and oxygen atoms in total. The Hall–Kier alpha value is -1.35. The number of rotatable bonds is 0. The Morgan fingerprint density at radius 2 is 2.19 bits per heavy atom. The zero-order valence-corrected chi connectivity index (χ0v) is 10.2. The van der Waals surface area contributed by atoms with Crippen molar-refractivity contribution in [1.82, 2.24) is 4.90 Å². The molecule has 82 valence electrons. The number of likely N-dealkylation sites (N-methyl/N-ethyl adjacent to an activating group) is 1. The highest BCUT2D eigenvalue weighted by molar-refractivity contribution is 7.19. The highest BCUT2D eigenvalue weighted by Gasteiger charge is 2.23. The third kappa shape index (κ3) is 1.21. The van der Waals surface area contributed by atoms with Gasteiger partial charge in [0.25, 0.3) is 5.91 Å². The quantitative estimate of drug-likeness (QED) is 0.682. The Morgan fingerprint density at radius 1 is 1.38 bits per heavy atom. The first-order chi connectivity index (χ1) is 7.68. The Kier molecular flexibility index (Phi) is 2.04. The molecule has 1 aromatic heterocycles. The molecule has 0 atom stereocenters. The van der Waals surface area contributed by atoms with Crippen LogP contribution in [0.25, 0.3) is 10.1 Å². The van der Waals surface area contributed by atoms with E-state index in [4.69, 9.17) is 0 Å². The molecule has 2 heterocycles. The van der Waals surface area contributed by atoms with E-state index in [9.17, 15) is 4.79 Å². The van der Waals surface area contributed by atoms with Crippen LogP contribution >= 0.6 is 11.3 Å². The number of benzene rings is 1. The van der Waals surface area contributed by atoms with E-state index >= 15 is 0 Å². The molecule has 0 unspecified atom stereocenters. The number of carbonyl (C=O) groups is 1. The maximum Gasteiger partial charge on any atom is 0.254 e. The first-order valence-electron chi connectivity index (χ1n) is 5.45. The number of hydrogen-bond donors (Lipinski definition) is 0. The van der Waals surface area contributed by atoms with Crippen molar-refractivity contribution >= 4 is 27.3 Å². The first-order valence-corrected chi connectivity index (χ1v) is 6.26. The molecule has 2 aromatic rings. The summed E-state index contributed by atoms with van der Waals surface area (Å²) in [5.74, 6) is 0.155. The highest BCUT2D eigenvalue weighted by Crippen LogP contribution is 2.35. The molecule has 16 heavy (non-hydrogen) atoms. The molecule has 0 fully saturated rings. The summed E-state index contributed by atoms with van der Waals surface area (Å²) >= 11 is 1.80. The van der Waals surface area contributed by atoms with Crippen molar-refractivity contribution in [1.29, 1.82) is 0 Å². The van der Waals surface area contributed by atoms with Gasteiger partial charge in [0.05, 0.1) is 0 Å². The van der Waals surface area contributed by atoms with E-state index in [1.807, 2.05) is 24.1 Å². The fourth-order valence-corrected chi connectivity index (χ4v) is 3.53. The maximum atomic E-state index is 12.2. The van der Waals surface area contributed by atoms with Crippen molar-refractivity contribution in [3.05, 3.63) is 34.2 Å². The van der Waals surface area contributed by atoms with Crippen LogP contribution in [-0.2, 0) is 6.42 Å². The SMILES string of the molecule is Cc1sc2cccc3c2c1CCN(C)C3=O. The molecule has 1 amide bonds. The lowest BCUT2D eigenvalue weighted by molar-refractivity contribution is 0.0801. The van der Waals surface area contributed by atoms with Gasteiger partial charge in [-0.25, -0.2) is 0 Å². The first kappa shape index (κ1) is 9.85. The van der Waals surface area contributed by atoms with Crippen LogP contribution in [0, 0.1) is 6.92 Å². The van der Waals surface area contributed by atoms with Gasteiger partial charge in [0.15, 0.2) is 0 Å². The van der Waals surface area contributed by atoms with E-state index in [1.165, 1.54) is 20.5 Å². The Morgan fingerprint density at radius 3 is 3.00 bits per heavy atom. The Bertz CT molecular complexity index is 585. The minimum Gasteiger partial charge on any atom is -0.341 e. The molecule has 0 spiro atoms. The van der Waals surface area contributed by atoms with Gasteiger partial charge in [-0.05, 0) is 31.0 Å². The zero-order chi connectivity index (χ0) is 11.3. The second-order valence-corrected chi connectivity index (χ2v) is 5.55. The van der Waals surface area contributed by atoms with Gasteiger partial charge >= 0.3 is 0 Å². The normalized spacial score (nSPS) is 15.6. The van der Waals surface area contributed by atoms with E-state index in [2.05, 4.69) is 13.0 Å². The third-order valence-electron chi connectivity index (χ3n) is 3.29. The van der Waals surface area contributed by atoms with Crippen molar-refractivity contribution in [2.24, 2.45) is 0 Å².